The van der Waals surface area contributed by atoms with Gasteiger partial charge in [-0.1, -0.05) is 18.2 Å². The SMILES string of the molecule is Cc1cc(CN)ccc1CN1CCSCC1. The zero-order chi connectivity index (χ0) is 11.4. The molecule has 1 saturated heterocycles. The highest BCUT2D eigenvalue weighted by Crippen LogP contribution is 2.16. The summed E-state index contributed by atoms with van der Waals surface area (Å²) in [5.74, 6) is 2.56. The molecule has 3 heteroatoms. The second-order valence-corrected chi connectivity index (χ2v) is 5.58. The number of hydrogen-bond acceptors (Lipinski definition) is 3. The highest BCUT2D eigenvalue weighted by molar-refractivity contribution is 7.99. The zero-order valence-electron chi connectivity index (χ0n) is 9.91. The Balaban J connectivity index is 2.03. The van der Waals surface area contributed by atoms with E-state index < -0.39 is 0 Å². The van der Waals surface area contributed by atoms with Crippen LogP contribution in [0.15, 0.2) is 18.2 Å². The van der Waals surface area contributed by atoms with Gasteiger partial charge in [0.15, 0.2) is 0 Å². The van der Waals surface area contributed by atoms with Gasteiger partial charge < -0.3 is 5.73 Å². The van der Waals surface area contributed by atoms with Gasteiger partial charge in [-0.25, -0.2) is 0 Å². The number of hydrogen-bond donors (Lipinski definition) is 1. The third kappa shape index (κ3) is 3.00. The van der Waals surface area contributed by atoms with E-state index in [9.17, 15) is 0 Å². The Bertz CT molecular complexity index is 346. The summed E-state index contributed by atoms with van der Waals surface area (Å²) in [4.78, 5) is 2.54. The highest BCUT2D eigenvalue weighted by atomic mass is 32.2. The minimum Gasteiger partial charge on any atom is -0.326 e. The summed E-state index contributed by atoms with van der Waals surface area (Å²) in [7, 11) is 0. The molecule has 1 aliphatic rings. The molecule has 16 heavy (non-hydrogen) atoms. The smallest absolute Gasteiger partial charge is 0.0237 e. The van der Waals surface area contributed by atoms with Gasteiger partial charge in [0.05, 0.1) is 0 Å². The minimum atomic E-state index is 0.640. The van der Waals surface area contributed by atoms with Crippen LogP contribution < -0.4 is 5.73 Å². The lowest BCUT2D eigenvalue weighted by molar-refractivity contribution is 0.294. The minimum absolute atomic E-state index is 0.640. The third-order valence-corrected chi connectivity index (χ3v) is 4.08. The molecule has 0 unspecified atom stereocenters. The highest BCUT2D eigenvalue weighted by Gasteiger charge is 2.11. The van der Waals surface area contributed by atoms with Crippen molar-refractivity contribution in [1.82, 2.24) is 4.90 Å². The Morgan fingerprint density at radius 2 is 2.06 bits per heavy atom. The molecule has 0 amide bonds. The summed E-state index contributed by atoms with van der Waals surface area (Å²) < 4.78 is 0. The lowest BCUT2D eigenvalue weighted by Gasteiger charge is -2.26. The molecule has 2 rings (SSSR count). The van der Waals surface area contributed by atoms with E-state index in [4.69, 9.17) is 5.73 Å². The van der Waals surface area contributed by atoms with Gasteiger partial charge in [-0.2, -0.15) is 11.8 Å². The average molecular weight is 236 g/mol. The van der Waals surface area contributed by atoms with Gasteiger partial charge in [0.2, 0.25) is 0 Å². The summed E-state index contributed by atoms with van der Waals surface area (Å²) in [5.41, 5.74) is 9.70. The third-order valence-electron chi connectivity index (χ3n) is 3.14. The maximum atomic E-state index is 5.64. The first-order valence-electron chi connectivity index (χ1n) is 5.88. The fourth-order valence-corrected chi connectivity index (χ4v) is 3.04. The largest absolute Gasteiger partial charge is 0.326 e. The van der Waals surface area contributed by atoms with Crippen LogP contribution in [0.2, 0.25) is 0 Å². The maximum absolute atomic E-state index is 5.64. The van der Waals surface area contributed by atoms with Gasteiger partial charge in [-0.05, 0) is 23.6 Å². The van der Waals surface area contributed by atoms with Crippen molar-refractivity contribution in [2.24, 2.45) is 5.73 Å². The van der Waals surface area contributed by atoms with Gasteiger partial charge in [0.25, 0.3) is 0 Å². The van der Waals surface area contributed by atoms with E-state index in [1.807, 2.05) is 0 Å². The second-order valence-electron chi connectivity index (χ2n) is 4.35. The van der Waals surface area contributed by atoms with Crippen molar-refractivity contribution in [3.05, 3.63) is 34.9 Å². The van der Waals surface area contributed by atoms with Gasteiger partial charge >= 0.3 is 0 Å². The molecule has 1 aromatic carbocycles. The van der Waals surface area contributed by atoms with Gasteiger partial charge in [-0.15, -0.1) is 0 Å². The summed E-state index contributed by atoms with van der Waals surface area (Å²) in [6.45, 7) is 6.37. The van der Waals surface area contributed by atoms with E-state index in [2.05, 4.69) is 41.8 Å². The van der Waals surface area contributed by atoms with Crippen molar-refractivity contribution >= 4 is 11.8 Å². The van der Waals surface area contributed by atoms with Crippen molar-refractivity contribution in [2.75, 3.05) is 24.6 Å². The van der Waals surface area contributed by atoms with E-state index in [1.165, 1.54) is 41.3 Å². The standard InChI is InChI=1S/C13H20N2S/c1-11-8-12(9-14)2-3-13(11)10-15-4-6-16-7-5-15/h2-3,8H,4-7,9-10,14H2,1H3. The molecule has 1 heterocycles. The molecule has 2 N–H and O–H groups in total. The molecule has 0 bridgehead atoms. The maximum Gasteiger partial charge on any atom is 0.0237 e. The lowest BCUT2D eigenvalue weighted by atomic mass is 10.0. The van der Waals surface area contributed by atoms with Crippen LogP contribution in [0.3, 0.4) is 0 Å². The quantitative estimate of drug-likeness (QED) is 0.870. The van der Waals surface area contributed by atoms with Crippen molar-refractivity contribution < 1.29 is 0 Å². The lowest BCUT2D eigenvalue weighted by Crippen LogP contribution is -2.32. The first kappa shape index (κ1) is 12.0. The van der Waals surface area contributed by atoms with E-state index in [0.29, 0.717) is 6.54 Å². The number of benzene rings is 1. The molecule has 0 atom stereocenters. The van der Waals surface area contributed by atoms with E-state index in [-0.39, 0.29) is 0 Å². The fraction of sp³-hybridized carbons (Fsp3) is 0.538. The molecular formula is C13H20N2S. The number of rotatable bonds is 3. The van der Waals surface area contributed by atoms with E-state index >= 15 is 0 Å². The van der Waals surface area contributed by atoms with Crippen LogP contribution in [0.4, 0.5) is 0 Å². The van der Waals surface area contributed by atoms with Crippen molar-refractivity contribution in [1.29, 1.82) is 0 Å². The topological polar surface area (TPSA) is 29.3 Å². The summed E-state index contributed by atoms with van der Waals surface area (Å²) >= 11 is 2.06. The second kappa shape index (κ2) is 5.71. The zero-order valence-corrected chi connectivity index (χ0v) is 10.7. The number of nitrogens with two attached hydrogens (primary N) is 1. The first-order chi connectivity index (χ1) is 7.79. The summed E-state index contributed by atoms with van der Waals surface area (Å²) in [6.07, 6.45) is 0. The Labute approximate surface area is 102 Å². The molecule has 88 valence electrons. The summed E-state index contributed by atoms with van der Waals surface area (Å²) in [5, 5.41) is 0. The van der Waals surface area contributed by atoms with Gasteiger partial charge in [0, 0.05) is 37.7 Å². The number of thioether (sulfide) groups is 1. The molecule has 0 aliphatic carbocycles. The van der Waals surface area contributed by atoms with Crippen LogP contribution in [-0.4, -0.2) is 29.5 Å². The van der Waals surface area contributed by atoms with E-state index in [1.54, 1.807) is 0 Å². The van der Waals surface area contributed by atoms with Crippen molar-refractivity contribution in [2.45, 2.75) is 20.0 Å². The van der Waals surface area contributed by atoms with Crippen LogP contribution in [0.5, 0.6) is 0 Å². The molecule has 1 aromatic rings. The van der Waals surface area contributed by atoms with Crippen LogP contribution in [0.1, 0.15) is 16.7 Å². The van der Waals surface area contributed by atoms with Crippen LogP contribution in [-0.2, 0) is 13.1 Å². The Morgan fingerprint density at radius 3 is 2.69 bits per heavy atom. The molecule has 0 saturated carbocycles. The fourth-order valence-electron chi connectivity index (χ4n) is 2.06. The Hall–Kier alpha value is -0.510. The molecule has 1 aliphatic heterocycles. The molecule has 1 fully saturated rings. The van der Waals surface area contributed by atoms with Crippen LogP contribution in [0, 0.1) is 6.92 Å². The van der Waals surface area contributed by atoms with Crippen molar-refractivity contribution in [3.8, 4) is 0 Å². The normalized spacial score (nSPS) is 17.6. The van der Waals surface area contributed by atoms with Gasteiger partial charge in [-0.3, -0.25) is 4.90 Å². The monoisotopic (exact) mass is 236 g/mol. The molecule has 2 nitrogen and oxygen atoms in total. The van der Waals surface area contributed by atoms with Gasteiger partial charge in [0.1, 0.15) is 0 Å². The number of nitrogens with zero attached hydrogens (tertiary/aromatic N) is 1. The number of aryl methyl sites for hydroxylation is 1. The van der Waals surface area contributed by atoms with E-state index in [0.717, 1.165) is 6.54 Å². The Morgan fingerprint density at radius 1 is 1.31 bits per heavy atom. The molecule has 0 aromatic heterocycles. The molecule has 0 radical (unpaired) electrons. The average Bonchev–Trinajstić information content (AvgIpc) is 2.33. The molecule has 0 spiro atoms. The van der Waals surface area contributed by atoms with Crippen LogP contribution in [0.25, 0.3) is 0 Å². The predicted octanol–water partition coefficient (Wildman–Crippen LogP) is 2.00. The predicted molar refractivity (Wildman–Crippen MR) is 71.7 cm³/mol. The molecular weight excluding hydrogens is 216 g/mol. The Kier molecular flexibility index (Phi) is 4.27. The summed E-state index contributed by atoms with van der Waals surface area (Å²) in [6, 6.07) is 6.61. The first-order valence-corrected chi connectivity index (χ1v) is 7.03. The van der Waals surface area contributed by atoms with Crippen LogP contribution >= 0.6 is 11.8 Å². The van der Waals surface area contributed by atoms with Crippen molar-refractivity contribution in [3.63, 3.8) is 0 Å².